The molecule has 17 heavy (non-hydrogen) atoms. The summed E-state index contributed by atoms with van der Waals surface area (Å²) in [4.78, 5) is 11.8. The third-order valence-electron chi connectivity index (χ3n) is 3.05. The van der Waals surface area contributed by atoms with E-state index in [0.29, 0.717) is 11.6 Å². The number of hydrogen-bond acceptors (Lipinski definition) is 3. The number of fused-ring (bicyclic) bond motifs is 1. The maximum absolute atomic E-state index is 11.8. The van der Waals surface area contributed by atoms with Crippen LogP contribution in [0.25, 0.3) is 10.9 Å². The molecule has 0 amide bonds. The normalized spacial score (nSPS) is 15.4. The van der Waals surface area contributed by atoms with Crippen LogP contribution in [0.3, 0.4) is 0 Å². The molecule has 1 fully saturated rings. The van der Waals surface area contributed by atoms with Crippen LogP contribution in [0.2, 0.25) is 5.02 Å². The zero-order valence-corrected chi connectivity index (χ0v) is 9.61. The molecule has 1 aliphatic rings. The summed E-state index contributed by atoms with van der Waals surface area (Å²) in [5.74, 6) is -0.743. The second kappa shape index (κ2) is 3.40. The van der Waals surface area contributed by atoms with E-state index in [9.17, 15) is 15.0 Å². The molecule has 1 heterocycles. The zero-order valence-electron chi connectivity index (χ0n) is 8.85. The van der Waals surface area contributed by atoms with Crippen molar-refractivity contribution in [2.24, 2.45) is 0 Å². The Kier molecular flexibility index (Phi) is 2.10. The molecule has 88 valence electrons. The molecule has 0 radical (unpaired) electrons. The molecular weight excluding hydrogens is 242 g/mol. The van der Waals surface area contributed by atoms with Gasteiger partial charge >= 0.3 is 0 Å². The number of benzene rings is 1. The molecule has 1 aliphatic carbocycles. The van der Waals surface area contributed by atoms with Crippen LogP contribution in [0.1, 0.15) is 18.9 Å². The number of phenolic OH excluding ortho intramolecular Hbond substituents is 2. The Balaban J connectivity index is 2.48. The lowest BCUT2D eigenvalue weighted by Crippen LogP contribution is -2.07. The minimum absolute atomic E-state index is 0.0833. The summed E-state index contributed by atoms with van der Waals surface area (Å²) in [6.45, 7) is 0. The smallest absolute Gasteiger partial charge is 0.191 e. The number of halogens is 1. The van der Waals surface area contributed by atoms with E-state index >= 15 is 0 Å². The van der Waals surface area contributed by atoms with Crippen LogP contribution in [0.4, 0.5) is 0 Å². The first kappa shape index (κ1) is 10.5. The van der Waals surface area contributed by atoms with E-state index in [1.54, 1.807) is 6.20 Å². The molecule has 0 saturated heterocycles. The second-order valence-corrected chi connectivity index (χ2v) is 4.65. The van der Waals surface area contributed by atoms with E-state index in [4.69, 9.17) is 11.6 Å². The first-order chi connectivity index (χ1) is 8.09. The van der Waals surface area contributed by atoms with Gasteiger partial charge in [0.15, 0.2) is 16.9 Å². The molecule has 0 spiro atoms. The molecule has 0 bridgehead atoms. The monoisotopic (exact) mass is 251 g/mol. The predicted molar refractivity (Wildman–Crippen MR) is 64.8 cm³/mol. The van der Waals surface area contributed by atoms with E-state index in [1.807, 2.05) is 4.57 Å². The van der Waals surface area contributed by atoms with Crippen molar-refractivity contribution in [1.82, 2.24) is 4.57 Å². The average molecular weight is 252 g/mol. The molecule has 0 aliphatic heterocycles. The lowest BCUT2D eigenvalue weighted by Gasteiger charge is -2.11. The first-order valence-electron chi connectivity index (χ1n) is 5.35. The average Bonchev–Trinajstić information content (AvgIpc) is 3.10. The third kappa shape index (κ3) is 1.48. The molecule has 1 saturated carbocycles. The van der Waals surface area contributed by atoms with Gasteiger partial charge in [-0.25, -0.2) is 0 Å². The van der Waals surface area contributed by atoms with Crippen LogP contribution in [-0.2, 0) is 0 Å². The fourth-order valence-electron chi connectivity index (χ4n) is 2.03. The highest BCUT2D eigenvalue weighted by molar-refractivity contribution is 6.37. The minimum atomic E-state index is -0.440. The number of phenols is 2. The number of nitrogens with zero attached hydrogens (tertiary/aromatic N) is 1. The van der Waals surface area contributed by atoms with Crippen molar-refractivity contribution in [2.75, 3.05) is 0 Å². The van der Waals surface area contributed by atoms with Crippen molar-refractivity contribution in [3.8, 4) is 11.5 Å². The van der Waals surface area contributed by atoms with Crippen LogP contribution in [-0.4, -0.2) is 14.8 Å². The van der Waals surface area contributed by atoms with E-state index < -0.39 is 5.75 Å². The summed E-state index contributed by atoms with van der Waals surface area (Å²) in [6.07, 6.45) is 3.81. The Hall–Kier alpha value is -1.68. The summed E-state index contributed by atoms with van der Waals surface area (Å²) >= 11 is 5.91. The number of rotatable bonds is 1. The van der Waals surface area contributed by atoms with Crippen LogP contribution in [0, 0.1) is 0 Å². The van der Waals surface area contributed by atoms with Gasteiger partial charge < -0.3 is 14.8 Å². The fourth-order valence-corrected chi connectivity index (χ4v) is 2.32. The van der Waals surface area contributed by atoms with Crippen molar-refractivity contribution in [3.05, 3.63) is 33.6 Å². The van der Waals surface area contributed by atoms with Gasteiger partial charge in [-0.15, -0.1) is 0 Å². The molecule has 1 aromatic carbocycles. The lowest BCUT2D eigenvalue weighted by molar-refractivity contribution is 0.404. The number of aromatic hydroxyl groups is 2. The van der Waals surface area contributed by atoms with E-state index in [0.717, 1.165) is 12.8 Å². The molecule has 5 heteroatoms. The maximum atomic E-state index is 11.8. The summed E-state index contributed by atoms with van der Waals surface area (Å²) < 4.78 is 1.92. The largest absolute Gasteiger partial charge is 0.504 e. The van der Waals surface area contributed by atoms with Gasteiger partial charge in [0.05, 0.1) is 15.9 Å². The third-order valence-corrected chi connectivity index (χ3v) is 3.42. The zero-order chi connectivity index (χ0) is 12.2. The minimum Gasteiger partial charge on any atom is -0.504 e. The summed E-state index contributed by atoms with van der Waals surface area (Å²) in [7, 11) is 0. The molecule has 3 rings (SSSR count). The van der Waals surface area contributed by atoms with Crippen molar-refractivity contribution in [2.45, 2.75) is 18.9 Å². The Morgan fingerprint density at radius 2 is 2.06 bits per heavy atom. The molecule has 4 nitrogen and oxygen atoms in total. The van der Waals surface area contributed by atoms with Crippen molar-refractivity contribution < 1.29 is 10.2 Å². The van der Waals surface area contributed by atoms with E-state index in [1.165, 1.54) is 12.1 Å². The molecule has 2 aromatic rings. The summed E-state index contributed by atoms with van der Waals surface area (Å²) in [5.41, 5.74) is 0.317. The van der Waals surface area contributed by atoms with Crippen molar-refractivity contribution in [1.29, 1.82) is 0 Å². The van der Waals surface area contributed by atoms with Crippen LogP contribution in [0.5, 0.6) is 11.5 Å². The Bertz CT molecular complexity index is 673. The number of hydrogen-bond donors (Lipinski definition) is 2. The molecule has 1 aromatic heterocycles. The summed E-state index contributed by atoms with van der Waals surface area (Å²) in [6, 6.07) is 3.18. The highest BCUT2D eigenvalue weighted by Crippen LogP contribution is 2.42. The Morgan fingerprint density at radius 3 is 2.71 bits per heavy atom. The number of aromatic nitrogens is 1. The quantitative estimate of drug-likeness (QED) is 0.765. The topological polar surface area (TPSA) is 62.5 Å². The van der Waals surface area contributed by atoms with Gasteiger partial charge in [-0.2, -0.15) is 0 Å². The molecule has 2 N–H and O–H groups in total. The lowest BCUT2D eigenvalue weighted by atomic mass is 10.1. The Labute approximate surface area is 102 Å². The van der Waals surface area contributed by atoms with Gasteiger partial charge in [-0.05, 0) is 12.8 Å². The van der Waals surface area contributed by atoms with Crippen molar-refractivity contribution >= 4 is 22.5 Å². The van der Waals surface area contributed by atoms with Gasteiger partial charge in [0, 0.05) is 24.4 Å². The standard InChI is InChI=1S/C12H10ClNO3/c13-11-10-7(5-9(16)12(11)17)14(6-1-2-6)4-3-8(10)15/h3-6,16-17H,1-2H2. The first-order valence-corrected chi connectivity index (χ1v) is 5.72. The highest BCUT2D eigenvalue weighted by atomic mass is 35.5. The van der Waals surface area contributed by atoms with E-state index in [-0.39, 0.29) is 21.6 Å². The van der Waals surface area contributed by atoms with E-state index in [2.05, 4.69) is 0 Å². The van der Waals surface area contributed by atoms with Crippen LogP contribution in [0.15, 0.2) is 23.1 Å². The van der Waals surface area contributed by atoms with Gasteiger partial charge in [0.1, 0.15) is 0 Å². The maximum Gasteiger partial charge on any atom is 0.191 e. The highest BCUT2D eigenvalue weighted by Gasteiger charge is 2.25. The predicted octanol–water partition coefficient (Wildman–Crippen LogP) is 2.40. The Morgan fingerprint density at radius 1 is 1.35 bits per heavy atom. The SMILES string of the molecule is O=c1ccn(C2CC2)c2cc(O)c(O)c(Cl)c12. The van der Waals surface area contributed by atoms with Gasteiger partial charge in [-0.3, -0.25) is 4.79 Å². The summed E-state index contributed by atoms with van der Waals surface area (Å²) in [5, 5.41) is 19.3. The second-order valence-electron chi connectivity index (χ2n) is 4.27. The van der Waals surface area contributed by atoms with Crippen molar-refractivity contribution in [3.63, 3.8) is 0 Å². The van der Waals surface area contributed by atoms with Gasteiger partial charge in [-0.1, -0.05) is 11.6 Å². The number of pyridine rings is 1. The van der Waals surface area contributed by atoms with Crippen LogP contribution < -0.4 is 5.43 Å². The molecular formula is C12H10ClNO3. The molecule has 0 unspecified atom stereocenters. The van der Waals surface area contributed by atoms with Crippen LogP contribution >= 0.6 is 11.6 Å². The fraction of sp³-hybridized carbons (Fsp3) is 0.250. The van der Waals surface area contributed by atoms with Gasteiger partial charge in [0.2, 0.25) is 0 Å². The molecule has 0 atom stereocenters. The van der Waals surface area contributed by atoms with Gasteiger partial charge in [0.25, 0.3) is 0 Å².